The minimum atomic E-state index is -0.496. The molecule has 1 saturated heterocycles. The predicted molar refractivity (Wildman–Crippen MR) is 80.9 cm³/mol. The van der Waals surface area contributed by atoms with Crippen LogP contribution in [0.5, 0.6) is 0 Å². The summed E-state index contributed by atoms with van der Waals surface area (Å²) in [5.74, 6) is -0.348. The zero-order valence-electron chi connectivity index (χ0n) is 11.0. The maximum Gasteiger partial charge on any atom is 0.255 e. The number of halogens is 2. The fourth-order valence-electron chi connectivity index (χ4n) is 2.17. The molecule has 2 amide bonds. The lowest BCUT2D eigenvalue weighted by molar-refractivity contribution is -0.125. The van der Waals surface area contributed by atoms with Gasteiger partial charge in [-0.25, -0.2) is 0 Å². The molecule has 1 heterocycles. The molecule has 7 heteroatoms. The van der Waals surface area contributed by atoms with Crippen molar-refractivity contribution in [3.05, 3.63) is 33.3 Å². The van der Waals surface area contributed by atoms with Crippen molar-refractivity contribution < 1.29 is 9.59 Å². The van der Waals surface area contributed by atoms with E-state index >= 15 is 0 Å². The fraction of sp³-hybridized carbons (Fsp3) is 0.385. The molecule has 1 unspecified atom stereocenters. The van der Waals surface area contributed by atoms with Gasteiger partial charge >= 0.3 is 0 Å². The largest absolute Gasteiger partial charge is 0.357 e. The SMILES string of the molecule is CNC(=O)C1CNCCN1C(=O)c1ccc(Cl)cc1Br. The van der Waals surface area contributed by atoms with Crippen molar-refractivity contribution in [2.45, 2.75) is 6.04 Å². The van der Waals surface area contributed by atoms with E-state index in [1.165, 1.54) is 0 Å². The van der Waals surface area contributed by atoms with Gasteiger partial charge in [0.25, 0.3) is 5.91 Å². The van der Waals surface area contributed by atoms with Crippen molar-refractivity contribution >= 4 is 39.3 Å². The highest BCUT2D eigenvalue weighted by molar-refractivity contribution is 9.10. The van der Waals surface area contributed by atoms with Crippen molar-refractivity contribution in [1.29, 1.82) is 0 Å². The van der Waals surface area contributed by atoms with Gasteiger partial charge in [0.2, 0.25) is 5.91 Å². The number of carbonyl (C=O) groups excluding carboxylic acids is 2. The summed E-state index contributed by atoms with van der Waals surface area (Å²) < 4.78 is 0.629. The van der Waals surface area contributed by atoms with E-state index in [2.05, 4.69) is 26.6 Å². The third-order valence-corrected chi connectivity index (χ3v) is 4.11. The molecule has 108 valence electrons. The monoisotopic (exact) mass is 359 g/mol. The quantitative estimate of drug-likeness (QED) is 0.835. The molecular weight excluding hydrogens is 346 g/mol. The number of nitrogens with one attached hydrogen (secondary N) is 2. The van der Waals surface area contributed by atoms with Crippen molar-refractivity contribution in [2.75, 3.05) is 26.7 Å². The number of nitrogens with zero attached hydrogens (tertiary/aromatic N) is 1. The van der Waals surface area contributed by atoms with Crippen LogP contribution in [0.2, 0.25) is 5.02 Å². The first kappa shape index (κ1) is 15.3. The molecule has 0 radical (unpaired) electrons. The molecule has 1 fully saturated rings. The van der Waals surface area contributed by atoms with E-state index in [4.69, 9.17) is 11.6 Å². The zero-order valence-corrected chi connectivity index (χ0v) is 13.3. The van der Waals surface area contributed by atoms with Crippen LogP contribution in [0.25, 0.3) is 0 Å². The van der Waals surface area contributed by atoms with Crippen LogP contribution in [0.4, 0.5) is 0 Å². The number of benzene rings is 1. The maximum atomic E-state index is 12.6. The van der Waals surface area contributed by atoms with Gasteiger partial charge in [0, 0.05) is 36.2 Å². The van der Waals surface area contributed by atoms with E-state index in [9.17, 15) is 9.59 Å². The number of likely N-dealkylation sites (N-methyl/N-ethyl adjacent to an activating group) is 1. The molecule has 0 spiro atoms. The molecule has 2 rings (SSSR count). The van der Waals surface area contributed by atoms with Gasteiger partial charge in [0.15, 0.2) is 0 Å². The molecule has 0 aliphatic carbocycles. The molecule has 2 N–H and O–H groups in total. The number of carbonyl (C=O) groups is 2. The van der Waals surface area contributed by atoms with Crippen molar-refractivity contribution in [3.63, 3.8) is 0 Å². The standard InChI is InChI=1S/C13H15BrClN3O2/c1-16-12(19)11-7-17-4-5-18(11)13(20)9-3-2-8(15)6-10(9)14/h2-3,6,11,17H,4-5,7H2,1H3,(H,16,19). The second-order valence-corrected chi connectivity index (χ2v) is 5.75. The number of piperazine rings is 1. The lowest BCUT2D eigenvalue weighted by Gasteiger charge is -2.35. The van der Waals surface area contributed by atoms with Gasteiger partial charge in [-0.15, -0.1) is 0 Å². The van der Waals surface area contributed by atoms with Crippen LogP contribution in [-0.4, -0.2) is 49.4 Å². The minimum absolute atomic E-state index is 0.171. The molecular formula is C13H15BrClN3O2. The first-order valence-electron chi connectivity index (χ1n) is 6.23. The number of rotatable bonds is 2. The maximum absolute atomic E-state index is 12.6. The average molecular weight is 361 g/mol. The van der Waals surface area contributed by atoms with Crippen LogP contribution in [0.15, 0.2) is 22.7 Å². The van der Waals surface area contributed by atoms with Crippen molar-refractivity contribution in [3.8, 4) is 0 Å². The van der Waals surface area contributed by atoms with Gasteiger partial charge in [-0.05, 0) is 34.1 Å². The van der Waals surface area contributed by atoms with Crippen LogP contribution < -0.4 is 10.6 Å². The molecule has 0 bridgehead atoms. The second kappa shape index (κ2) is 6.56. The Morgan fingerprint density at radius 3 is 2.90 bits per heavy atom. The molecule has 1 aliphatic rings. The molecule has 1 aromatic rings. The van der Waals surface area contributed by atoms with E-state index in [1.807, 2.05) is 0 Å². The summed E-state index contributed by atoms with van der Waals surface area (Å²) in [7, 11) is 1.57. The lowest BCUT2D eigenvalue weighted by Crippen LogP contribution is -2.59. The topological polar surface area (TPSA) is 61.4 Å². The Bertz CT molecular complexity index is 538. The van der Waals surface area contributed by atoms with E-state index < -0.39 is 6.04 Å². The summed E-state index contributed by atoms with van der Waals surface area (Å²) in [6.07, 6.45) is 0. The molecule has 20 heavy (non-hydrogen) atoms. The van der Waals surface area contributed by atoms with Crippen molar-refractivity contribution in [1.82, 2.24) is 15.5 Å². The Balaban J connectivity index is 2.27. The number of amides is 2. The minimum Gasteiger partial charge on any atom is -0.357 e. The first-order chi connectivity index (χ1) is 9.54. The lowest BCUT2D eigenvalue weighted by atomic mass is 10.1. The van der Waals surface area contributed by atoms with E-state index in [0.717, 1.165) is 0 Å². The van der Waals surface area contributed by atoms with Crippen LogP contribution >= 0.6 is 27.5 Å². The van der Waals surface area contributed by atoms with Gasteiger partial charge in [0.05, 0.1) is 5.56 Å². The highest BCUT2D eigenvalue weighted by atomic mass is 79.9. The summed E-state index contributed by atoms with van der Waals surface area (Å²) in [4.78, 5) is 26.1. The molecule has 0 saturated carbocycles. The summed E-state index contributed by atoms with van der Waals surface area (Å²) in [6.45, 7) is 1.62. The Labute approximate surface area is 130 Å². The van der Waals surface area contributed by atoms with Crippen molar-refractivity contribution in [2.24, 2.45) is 0 Å². The number of hydrogen-bond donors (Lipinski definition) is 2. The molecule has 1 aromatic carbocycles. The smallest absolute Gasteiger partial charge is 0.255 e. The van der Waals surface area contributed by atoms with E-state index in [1.54, 1.807) is 30.1 Å². The van der Waals surface area contributed by atoms with Crippen LogP contribution in [0.3, 0.4) is 0 Å². The summed E-state index contributed by atoms with van der Waals surface area (Å²) in [5.41, 5.74) is 0.505. The highest BCUT2D eigenvalue weighted by Gasteiger charge is 2.32. The molecule has 0 aromatic heterocycles. The molecule has 5 nitrogen and oxygen atoms in total. The summed E-state index contributed by atoms with van der Waals surface area (Å²) in [6, 6.07) is 4.50. The molecule has 1 atom stereocenters. The highest BCUT2D eigenvalue weighted by Crippen LogP contribution is 2.23. The van der Waals surface area contributed by atoms with Crippen LogP contribution in [-0.2, 0) is 4.79 Å². The second-order valence-electron chi connectivity index (χ2n) is 4.46. The predicted octanol–water partition coefficient (Wildman–Crippen LogP) is 1.26. The summed E-state index contributed by atoms with van der Waals surface area (Å²) in [5, 5.41) is 6.26. The number of hydrogen-bond acceptors (Lipinski definition) is 3. The average Bonchev–Trinajstić information content (AvgIpc) is 2.46. The van der Waals surface area contributed by atoms with Gasteiger partial charge in [0.1, 0.15) is 6.04 Å². The Morgan fingerprint density at radius 1 is 1.50 bits per heavy atom. The van der Waals surface area contributed by atoms with Gasteiger partial charge in [-0.1, -0.05) is 11.6 Å². The third kappa shape index (κ3) is 3.13. The fourth-order valence-corrected chi connectivity index (χ4v) is 3.02. The Hall–Kier alpha value is -1.11. The van der Waals surface area contributed by atoms with Crippen LogP contribution in [0.1, 0.15) is 10.4 Å². The Kier molecular flexibility index (Phi) is 5.01. The normalized spacial score (nSPS) is 18.8. The van der Waals surface area contributed by atoms with E-state index in [-0.39, 0.29) is 11.8 Å². The van der Waals surface area contributed by atoms with Crippen LogP contribution in [0, 0.1) is 0 Å². The van der Waals surface area contributed by atoms with Gasteiger partial charge in [-0.2, -0.15) is 0 Å². The van der Waals surface area contributed by atoms with Gasteiger partial charge < -0.3 is 15.5 Å². The third-order valence-electron chi connectivity index (χ3n) is 3.21. The zero-order chi connectivity index (χ0) is 14.7. The summed E-state index contributed by atoms with van der Waals surface area (Å²) >= 11 is 9.22. The van der Waals surface area contributed by atoms with E-state index in [0.29, 0.717) is 34.7 Å². The van der Waals surface area contributed by atoms with Gasteiger partial charge in [-0.3, -0.25) is 9.59 Å². The molecule has 1 aliphatic heterocycles. The first-order valence-corrected chi connectivity index (χ1v) is 7.40. The Morgan fingerprint density at radius 2 is 2.25 bits per heavy atom.